The van der Waals surface area contributed by atoms with E-state index in [4.69, 9.17) is 11.0 Å². The third-order valence-electron chi connectivity index (χ3n) is 2.10. The van der Waals surface area contributed by atoms with Crippen molar-refractivity contribution in [3.63, 3.8) is 0 Å². The van der Waals surface area contributed by atoms with E-state index in [1.807, 2.05) is 18.0 Å². The molecule has 0 bridgehead atoms. The molecule has 1 aromatic heterocycles. The van der Waals surface area contributed by atoms with Gasteiger partial charge in [-0.25, -0.2) is 4.98 Å². The highest BCUT2D eigenvalue weighted by Crippen LogP contribution is 2.23. The van der Waals surface area contributed by atoms with Crippen LogP contribution in [-0.4, -0.2) is 18.6 Å². The lowest BCUT2D eigenvalue weighted by Gasteiger charge is -2.28. The Morgan fingerprint density at radius 1 is 1.50 bits per heavy atom. The van der Waals surface area contributed by atoms with Gasteiger partial charge >= 0.3 is 0 Å². The average molecular weight is 218 g/mol. The van der Waals surface area contributed by atoms with Gasteiger partial charge in [-0.05, 0) is 11.5 Å². The molecule has 0 amide bonds. The van der Waals surface area contributed by atoms with Crippen LogP contribution < -0.4 is 10.6 Å². The second kappa shape index (κ2) is 4.40. The monoisotopic (exact) mass is 218 g/mol. The molecular formula is C12H18N4. The number of nitrogens with zero attached hydrogens (tertiary/aromatic N) is 3. The molecule has 16 heavy (non-hydrogen) atoms. The van der Waals surface area contributed by atoms with Crippen LogP contribution in [0, 0.1) is 16.7 Å². The molecule has 0 saturated heterocycles. The summed E-state index contributed by atoms with van der Waals surface area (Å²) in [4.78, 5) is 6.22. The van der Waals surface area contributed by atoms with Crippen LogP contribution >= 0.6 is 0 Å². The van der Waals surface area contributed by atoms with Gasteiger partial charge in [0.1, 0.15) is 6.07 Å². The van der Waals surface area contributed by atoms with Gasteiger partial charge in [0.05, 0.1) is 11.3 Å². The number of pyridine rings is 1. The summed E-state index contributed by atoms with van der Waals surface area (Å²) < 4.78 is 0. The lowest BCUT2D eigenvalue weighted by Crippen LogP contribution is -2.30. The first-order chi connectivity index (χ1) is 7.33. The molecule has 0 aliphatic carbocycles. The predicted octanol–water partition coefficient (Wildman–Crippen LogP) is 2.02. The Kier molecular flexibility index (Phi) is 3.38. The van der Waals surface area contributed by atoms with Crippen LogP contribution in [0.5, 0.6) is 0 Å². The molecule has 1 heterocycles. The van der Waals surface area contributed by atoms with E-state index in [2.05, 4.69) is 25.8 Å². The third-order valence-corrected chi connectivity index (χ3v) is 2.10. The summed E-state index contributed by atoms with van der Waals surface area (Å²) in [6.45, 7) is 7.33. The van der Waals surface area contributed by atoms with Crippen molar-refractivity contribution in [2.45, 2.75) is 20.8 Å². The second-order valence-electron chi connectivity index (χ2n) is 5.17. The molecule has 0 spiro atoms. The smallest absolute Gasteiger partial charge is 0.151 e. The van der Waals surface area contributed by atoms with Crippen molar-refractivity contribution in [1.29, 1.82) is 5.26 Å². The van der Waals surface area contributed by atoms with E-state index in [1.54, 1.807) is 12.3 Å². The van der Waals surface area contributed by atoms with Crippen LogP contribution in [-0.2, 0) is 0 Å². The number of aromatic nitrogens is 1. The highest BCUT2D eigenvalue weighted by molar-refractivity contribution is 5.64. The average Bonchev–Trinajstić information content (AvgIpc) is 2.14. The lowest BCUT2D eigenvalue weighted by atomic mass is 9.96. The molecule has 86 valence electrons. The Labute approximate surface area is 96.7 Å². The van der Waals surface area contributed by atoms with Crippen LogP contribution in [0.2, 0.25) is 0 Å². The van der Waals surface area contributed by atoms with Gasteiger partial charge < -0.3 is 10.6 Å². The van der Waals surface area contributed by atoms with Crippen molar-refractivity contribution < 1.29 is 0 Å². The van der Waals surface area contributed by atoms with Gasteiger partial charge in [-0.1, -0.05) is 20.8 Å². The van der Waals surface area contributed by atoms with Gasteiger partial charge in [-0.2, -0.15) is 5.26 Å². The Hall–Kier alpha value is -1.76. The first-order valence-corrected chi connectivity index (χ1v) is 5.20. The van der Waals surface area contributed by atoms with E-state index in [9.17, 15) is 0 Å². The predicted molar refractivity (Wildman–Crippen MR) is 66.1 cm³/mol. The molecule has 1 aromatic rings. The molecule has 0 aromatic carbocycles. The van der Waals surface area contributed by atoms with E-state index in [0.717, 1.165) is 12.4 Å². The molecule has 0 radical (unpaired) electrons. The highest BCUT2D eigenvalue weighted by Gasteiger charge is 2.16. The van der Waals surface area contributed by atoms with Gasteiger partial charge in [0.15, 0.2) is 5.82 Å². The van der Waals surface area contributed by atoms with Gasteiger partial charge in [0, 0.05) is 19.8 Å². The van der Waals surface area contributed by atoms with Crippen molar-refractivity contribution in [2.75, 3.05) is 24.2 Å². The lowest BCUT2D eigenvalue weighted by molar-refractivity contribution is 0.418. The number of anilines is 2. The van der Waals surface area contributed by atoms with Gasteiger partial charge in [-0.3, -0.25) is 0 Å². The second-order valence-corrected chi connectivity index (χ2v) is 5.17. The number of nitrogen functional groups attached to an aromatic ring is 1. The molecule has 0 unspecified atom stereocenters. The van der Waals surface area contributed by atoms with Gasteiger partial charge in [0.25, 0.3) is 0 Å². The van der Waals surface area contributed by atoms with Crippen molar-refractivity contribution in [1.82, 2.24) is 4.98 Å². The molecule has 0 atom stereocenters. The molecular weight excluding hydrogens is 200 g/mol. The zero-order valence-corrected chi connectivity index (χ0v) is 10.3. The van der Waals surface area contributed by atoms with E-state index in [-0.39, 0.29) is 5.41 Å². The summed E-state index contributed by atoms with van der Waals surface area (Å²) >= 11 is 0. The van der Waals surface area contributed by atoms with Crippen LogP contribution in [0.25, 0.3) is 0 Å². The van der Waals surface area contributed by atoms with Crippen LogP contribution in [0.15, 0.2) is 12.3 Å². The maximum Gasteiger partial charge on any atom is 0.151 e. The van der Waals surface area contributed by atoms with Crippen molar-refractivity contribution in [3.8, 4) is 6.07 Å². The summed E-state index contributed by atoms with van der Waals surface area (Å²) in [6, 6.07) is 3.68. The molecule has 1 rings (SSSR count). The molecule has 0 fully saturated rings. The van der Waals surface area contributed by atoms with Crippen LogP contribution in [0.3, 0.4) is 0 Å². The summed E-state index contributed by atoms with van der Waals surface area (Å²) in [5, 5.41) is 8.72. The maximum absolute atomic E-state index is 8.72. The van der Waals surface area contributed by atoms with Crippen molar-refractivity contribution in [3.05, 3.63) is 17.8 Å². The number of rotatable bonds is 2. The SMILES string of the molecule is CN(CC(C)(C)C)c1ncc(C#N)cc1N. The van der Waals surface area contributed by atoms with Gasteiger partial charge in [0.2, 0.25) is 0 Å². The Balaban J connectivity index is 2.93. The Bertz CT molecular complexity index is 412. The first-order valence-electron chi connectivity index (χ1n) is 5.20. The molecule has 0 aliphatic heterocycles. The zero-order valence-electron chi connectivity index (χ0n) is 10.3. The topological polar surface area (TPSA) is 65.9 Å². The normalized spacial score (nSPS) is 10.9. The molecule has 4 heteroatoms. The number of hydrogen-bond donors (Lipinski definition) is 1. The fourth-order valence-corrected chi connectivity index (χ4v) is 1.64. The van der Waals surface area contributed by atoms with E-state index in [1.165, 1.54) is 0 Å². The fourth-order valence-electron chi connectivity index (χ4n) is 1.64. The fraction of sp³-hybridized carbons (Fsp3) is 0.500. The van der Waals surface area contributed by atoms with Crippen LogP contribution in [0.4, 0.5) is 11.5 Å². The summed E-state index contributed by atoms with van der Waals surface area (Å²) in [7, 11) is 1.95. The zero-order chi connectivity index (χ0) is 12.3. The Morgan fingerprint density at radius 2 is 2.12 bits per heavy atom. The molecule has 2 N–H and O–H groups in total. The minimum absolute atomic E-state index is 0.177. The number of hydrogen-bond acceptors (Lipinski definition) is 4. The van der Waals surface area contributed by atoms with E-state index < -0.39 is 0 Å². The minimum Gasteiger partial charge on any atom is -0.396 e. The highest BCUT2D eigenvalue weighted by atomic mass is 15.2. The quantitative estimate of drug-likeness (QED) is 0.824. The van der Waals surface area contributed by atoms with Crippen molar-refractivity contribution in [2.24, 2.45) is 5.41 Å². The van der Waals surface area contributed by atoms with E-state index >= 15 is 0 Å². The molecule has 0 aliphatic rings. The van der Waals surface area contributed by atoms with Crippen molar-refractivity contribution >= 4 is 11.5 Å². The molecule has 4 nitrogen and oxygen atoms in total. The summed E-state index contributed by atoms with van der Waals surface area (Å²) in [5.74, 6) is 0.730. The number of nitrogens with two attached hydrogens (primary N) is 1. The van der Waals surface area contributed by atoms with E-state index in [0.29, 0.717) is 11.3 Å². The molecule has 0 saturated carbocycles. The maximum atomic E-state index is 8.72. The summed E-state index contributed by atoms with van der Waals surface area (Å²) in [6.07, 6.45) is 1.55. The minimum atomic E-state index is 0.177. The first kappa shape index (κ1) is 12.3. The third kappa shape index (κ3) is 3.13. The standard InChI is InChI=1S/C12H18N4/c1-12(2,3)8-16(4)11-10(14)5-9(6-13)7-15-11/h5,7H,8,14H2,1-4H3. The largest absolute Gasteiger partial charge is 0.396 e. The summed E-state index contributed by atoms with van der Waals surface area (Å²) in [5.41, 5.74) is 7.08. The Morgan fingerprint density at radius 3 is 2.56 bits per heavy atom. The van der Waals surface area contributed by atoms with Gasteiger partial charge in [-0.15, -0.1) is 0 Å². The number of nitriles is 1. The van der Waals surface area contributed by atoms with Crippen LogP contribution in [0.1, 0.15) is 26.3 Å².